The highest BCUT2D eigenvalue weighted by Crippen LogP contribution is 2.29. The van der Waals surface area contributed by atoms with Crippen molar-refractivity contribution in [1.29, 1.82) is 0 Å². The number of carbonyl (C=O) groups is 1. The van der Waals surface area contributed by atoms with Crippen molar-refractivity contribution < 1.29 is 19.0 Å². The van der Waals surface area contributed by atoms with Crippen LogP contribution in [0, 0.1) is 5.82 Å². The van der Waals surface area contributed by atoms with Crippen LogP contribution in [0.5, 0.6) is 5.75 Å². The van der Waals surface area contributed by atoms with Crippen molar-refractivity contribution in [3.63, 3.8) is 0 Å². The molecule has 0 saturated carbocycles. The van der Waals surface area contributed by atoms with Gasteiger partial charge in [-0.3, -0.25) is 0 Å². The van der Waals surface area contributed by atoms with Crippen molar-refractivity contribution in [2.45, 2.75) is 6.92 Å². The van der Waals surface area contributed by atoms with Gasteiger partial charge < -0.3 is 9.84 Å². The molecule has 0 amide bonds. The first-order valence-electron chi connectivity index (χ1n) is 3.92. The molecule has 1 aromatic rings. The Labute approximate surface area is 88.6 Å². The molecule has 14 heavy (non-hydrogen) atoms. The van der Waals surface area contributed by atoms with E-state index in [1.165, 1.54) is 12.1 Å². The molecular weight excluding hydrogens is 255 g/mol. The molecule has 0 radical (unpaired) electrons. The summed E-state index contributed by atoms with van der Waals surface area (Å²) in [5.41, 5.74) is -0.271. The SMILES string of the molecule is CCOC(=O)c1ccc(Br)c(O)c1F. The Morgan fingerprint density at radius 3 is 2.86 bits per heavy atom. The van der Waals surface area contributed by atoms with Crippen molar-refractivity contribution in [2.24, 2.45) is 0 Å². The molecule has 1 aromatic carbocycles. The Morgan fingerprint density at radius 1 is 1.64 bits per heavy atom. The quantitative estimate of drug-likeness (QED) is 0.834. The molecule has 0 unspecified atom stereocenters. The van der Waals surface area contributed by atoms with Crippen molar-refractivity contribution in [3.05, 3.63) is 28.0 Å². The second-order valence-corrected chi connectivity index (χ2v) is 3.33. The number of hydrogen-bond donors (Lipinski definition) is 1. The highest BCUT2D eigenvalue weighted by atomic mass is 79.9. The number of phenolic OH excluding ortho intramolecular Hbond substituents is 1. The van der Waals surface area contributed by atoms with E-state index in [1.807, 2.05) is 0 Å². The smallest absolute Gasteiger partial charge is 0.341 e. The molecule has 76 valence electrons. The zero-order valence-corrected chi connectivity index (χ0v) is 8.97. The molecule has 5 heteroatoms. The van der Waals surface area contributed by atoms with E-state index in [-0.39, 0.29) is 16.6 Å². The van der Waals surface area contributed by atoms with E-state index in [1.54, 1.807) is 6.92 Å². The molecule has 0 heterocycles. The Bertz CT molecular complexity index is 365. The van der Waals surface area contributed by atoms with Crippen LogP contribution in [0.2, 0.25) is 0 Å². The molecule has 0 aliphatic rings. The van der Waals surface area contributed by atoms with E-state index in [4.69, 9.17) is 0 Å². The van der Waals surface area contributed by atoms with Crippen LogP contribution in [0.15, 0.2) is 16.6 Å². The largest absolute Gasteiger partial charge is 0.504 e. The lowest BCUT2D eigenvalue weighted by Crippen LogP contribution is -2.07. The van der Waals surface area contributed by atoms with Gasteiger partial charge in [-0.25, -0.2) is 9.18 Å². The van der Waals surface area contributed by atoms with Gasteiger partial charge in [0, 0.05) is 0 Å². The minimum Gasteiger partial charge on any atom is -0.504 e. The lowest BCUT2D eigenvalue weighted by Gasteiger charge is -2.05. The summed E-state index contributed by atoms with van der Waals surface area (Å²) in [5.74, 6) is -2.35. The molecule has 0 aliphatic carbocycles. The van der Waals surface area contributed by atoms with E-state index in [9.17, 15) is 14.3 Å². The van der Waals surface area contributed by atoms with Gasteiger partial charge in [-0.15, -0.1) is 0 Å². The fourth-order valence-corrected chi connectivity index (χ4v) is 1.21. The maximum Gasteiger partial charge on any atom is 0.341 e. The van der Waals surface area contributed by atoms with Crippen molar-refractivity contribution in [1.82, 2.24) is 0 Å². The van der Waals surface area contributed by atoms with Crippen LogP contribution in [0.4, 0.5) is 4.39 Å². The molecule has 1 N–H and O–H groups in total. The normalized spacial score (nSPS) is 9.93. The van der Waals surface area contributed by atoms with Crippen LogP contribution >= 0.6 is 15.9 Å². The van der Waals surface area contributed by atoms with Gasteiger partial charge in [-0.1, -0.05) is 0 Å². The van der Waals surface area contributed by atoms with Gasteiger partial charge in [0.1, 0.15) is 0 Å². The summed E-state index contributed by atoms with van der Waals surface area (Å²) in [6, 6.07) is 2.63. The number of aromatic hydroxyl groups is 1. The fraction of sp³-hybridized carbons (Fsp3) is 0.222. The summed E-state index contributed by atoms with van der Waals surface area (Å²) in [6.07, 6.45) is 0. The third-order valence-corrected chi connectivity index (χ3v) is 2.20. The topological polar surface area (TPSA) is 46.5 Å². The van der Waals surface area contributed by atoms with Crippen molar-refractivity contribution >= 4 is 21.9 Å². The number of phenols is 1. The van der Waals surface area contributed by atoms with Gasteiger partial charge in [0.25, 0.3) is 0 Å². The maximum atomic E-state index is 13.3. The van der Waals surface area contributed by atoms with Gasteiger partial charge >= 0.3 is 5.97 Å². The van der Waals surface area contributed by atoms with Gasteiger partial charge in [0.15, 0.2) is 11.6 Å². The van der Waals surface area contributed by atoms with E-state index in [0.29, 0.717) is 0 Å². The summed E-state index contributed by atoms with van der Waals surface area (Å²) >= 11 is 2.93. The third-order valence-electron chi connectivity index (χ3n) is 1.56. The van der Waals surface area contributed by atoms with Crippen LogP contribution < -0.4 is 0 Å². The summed E-state index contributed by atoms with van der Waals surface area (Å²) in [7, 11) is 0. The standard InChI is InChI=1S/C9H8BrFO3/c1-2-14-9(13)5-3-4-6(10)8(12)7(5)11/h3-4,12H,2H2,1H3. The van der Waals surface area contributed by atoms with E-state index >= 15 is 0 Å². The number of ether oxygens (including phenoxy) is 1. The van der Waals surface area contributed by atoms with Crippen LogP contribution in [-0.4, -0.2) is 17.7 Å². The highest BCUT2D eigenvalue weighted by Gasteiger charge is 2.17. The van der Waals surface area contributed by atoms with E-state index < -0.39 is 17.5 Å². The first-order chi connectivity index (χ1) is 6.57. The molecule has 0 aliphatic heterocycles. The molecule has 0 spiro atoms. The molecule has 3 nitrogen and oxygen atoms in total. The Morgan fingerprint density at radius 2 is 2.29 bits per heavy atom. The predicted octanol–water partition coefficient (Wildman–Crippen LogP) is 2.47. The number of rotatable bonds is 2. The Balaban J connectivity index is 3.11. The summed E-state index contributed by atoms with van der Waals surface area (Å²) in [4.78, 5) is 11.1. The summed E-state index contributed by atoms with van der Waals surface area (Å²) in [6.45, 7) is 1.78. The first kappa shape index (κ1) is 11.0. The van der Waals surface area contributed by atoms with Crippen LogP contribution in [-0.2, 0) is 4.74 Å². The van der Waals surface area contributed by atoms with Crippen LogP contribution in [0.1, 0.15) is 17.3 Å². The lowest BCUT2D eigenvalue weighted by atomic mass is 10.2. The van der Waals surface area contributed by atoms with Gasteiger partial charge in [-0.2, -0.15) is 0 Å². The molecule has 0 bridgehead atoms. The molecule has 0 aromatic heterocycles. The van der Waals surface area contributed by atoms with Crippen LogP contribution in [0.3, 0.4) is 0 Å². The van der Waals surface area contributed by atoms with Crippen molar-refractivity contribution in [2.75, 3.05) is 6.61 Å². The zero-order chi connectivity index (χ0) is 10.7. The average Bonchev–Trinajstić information content (AvgIpc) is 2.15. The zero-order valence-electron chi connectivity index (χ0n) is 7.38. The minimum absolute atomic E-state index is 0.162. The van der Waals surface area contributed by atoms with E-state index in [2.05, 4.69) is 20.7 Å². The van der Waals surface area contributed by atoms with Gasteiger partial charge in [-0.05, 0) is 35.0 Å². The molecule has 0 fully saturated rings. The number of hydrogen-bond acceptors (Lipinski definition) is 3. The monoisotopic (exact) mass is 262 g/mol. The maximum absolute atomic E-state index is 13.3. The second kappa shape index (κ2) is 4.41. The van der Waals surface area contributed by atoms with Crippen molar-refractivity contribution in [3.8, 4) is 5.75 Å². The molecular formula is C9H8BrFO3. The Hall–Kier alpha value is -1.10. The highest BCUT2D eigenvalue weighted by molar-refractivity contribution is 9.10. The Kier molecular flexibility index (Phi) is 3.46. The molecule has 0 atom stereocenters. The predicted molar refractivity (Wildman–Crippen MR) is 51.7 cm³/mol. The van der Waals surface area contributed by atoms with Crippen LogP contribution in [0.25, 0.3) is 0 Å². The second-order valence-electron chi connectivity index (χ2n) is 2.48. The number of halogens is 2. The minimum atomic E-state index is -0.974. The number of benzene rings is 1. The summed E-state index contributed by atoms with van der Waals surface area (Å²) in [5, 5.41) is 9.17. The number of carbonyl (C=O) groups excluding carboxylic acids is 1. The molecule has 0 saturated heterocycles. The third kappa shape index (κ3) is 2.04. The summed E-state index contributed by atoms with van der Waals surface area (Å²) < 4.78 is 18.1. The van der Waals surface area contributed by atoms with E-state index in [0.717, 1.165) is 0 Å². The van der Waals surface area contributed by atoms with Gasteiger partial charge in [0.05, 0.1) is 16.6 Å². The lowest BCUT2D eigenvalue weighted by molar-refractivity contribution is 0.0520. The number of esters is 1. The fourth-order valence-electron chi connectivity index (χ4n) is 0.907. The molecule has 1 rings (SSSR count). The van der Waals surface area contributed by atoms with Gasteiger partial charge in [0.2, 0.25) is 0 Å². The average molecular weight is 263 g/mol. The first-order valence-corrected chi connectivity index (χ1v) is 4.71.